The van der Waals surface area contributed by atoms with Gasteiger partial charge in [0.25, 0.3) is 0 Å². The van der Waals surface area contributed by atoms with Crippen LogP contribution in [0.15, 0.2) is 17.0 Å². The number of alkyl halides is 3. The minimum absolute atomic E-state index is 0.107. The Morgan fingerprint density at radius 2 is 1.80 bits per heavy atom. The van der Waals surface area contributed by atoms with Gasteiger partial charge in [0.2, 0.25) is 10.0 Å². The van der Waals surface area contributed by atoms with Gasteiger partial charge in [0.1, 0.15) is 17.3 Å². The number of benzene rings is 1. The molecule has 0 bridgehead atoms. The van der Waals surface area contributed by atoms with Crippen LogP contribution in [0.5, 0.6) is 0 Å². The monoisotopic (exact) mass is 319 g/mol. The summed E-state index contributed by atoms with van der Waals surface area (Å²) in [4.78, 5) is -1.13. The maximum Gasteiger partial charge on any atom is 0.402 e. The van der Waals surface area contributed by atoms with Crippen molar-refractivity contribution in [1.82, 2.24) is 4.31 Å². The summed E-state index contributed by atoms with van der Waals surface area (Å²) in [6.45, 7) is -2.94. The van der Waals surface area contributed by atoms with E-state index in [0.717, 1.165) is 0 Å². The van der Waals surface area contributed by atoms with Crippen molar-refractivity contribution in [3.63, 3.8) is 0 Å². The van der Waals surface area contributed by atoms with E-state index in [-0.39, 0.29) is 4.31 Å². The smallest absolute Gasteiger partial charge is 0.391 e. The van der Waals surface area contributed by atoms with Crippen molar-refractivity contribution < 1.29 is 35.5 Å². The molecule has 0 aliphatic rings. The van der Waals surface area contributed by atoms with Gasteiger partial charge < -0.3 is 5.11 Å². The Labute approximate surface area is 111 Å². The van der Waals surface area contributed by atoms with Gasteiger partial charge in [0.05, 0.1) is 12.2 Å². The fourth-order valence-corrected chi connectivity index (χ4v) is 2.67. The van der Waals surface area contributed by atoms with Crippen LogP contribution in [-0.2, 0) is 16.6 Å². The number of rotatable bonds is 4. The number of halogens is 5. The molecule has 0 aliphatic heterocycles. The summed E-state index contributed by atoms with van der Waals surface area (Å²) >= 11 is 0. The molecule has 0 saturated heterocycles. The molecule has 20 heavy (non-hydrogen) atoms. The van der Waals surface area contributed by atoms with Crippen molar-refractivity contribution >= 4 is 10.0 Å². The molecule has 0 atom stereocenters. The zero-order chi connectivity index (χ0) is 15.7. The first-order valence-corrected chi connectivity index (χ1v) is 6.55. The first kappa shape index (κ1) is 16.8. The van der Waals surface area contributed by atoms with E-state index in [1.165, 1.54) is 0 Å². The molecule has 0 spiro atoms. The summed E-state index contributed by atoms with van der Waals surface area (Å²) in [5.41, 5.74) is -0.925. The van der Waals surface area contributed by atoms with Crippen LogP contribution in [0, 0.1) is 11.6 Å². The Morgan fingerprint density at radius 3 is 2.25 bits per heavy atom. The van der Waals surface area contributed by atoms with Crippen LogP contribution in [0.2, 0.25) is 0 Å². The van der Waals surface area contributed by atoms with E-state index in [9.17, 15) is 30.4 Å². The van der Waals surface area contributed by atoms with E-state index in [1.54, 1.807) is 0 Å². The van der Waals surface area contributed by atoms with Gasteiger partial charge in [0, 0.05) is 7.05 Å². The van der Waals surface area contributed by atoms with Gasteiger partial charge >= 0.3 is 6.18 Å². The molecule has 4 nitrogen and oxygen atoms in total. The van der Waals surface area contributed by atoms with E-state index in [0.29, 0.717) is 19.2 Å². The fourth-order valence-electron chi connectivity index (χ4n) is 1.43. The van der Waals surface area contributed by atoms with E-state index >= 15 is 0 Å². The molecule has 0 aromatic heterocycles. The largest absolute Gasteiger partial charge is 0.402 e. The van der Waals surface area contributed by atoms with Crippen LogP contribution in [0.3, 0.4) is 0 Å². The lowest BCUT2D eigenvalue weighted by atomic mass is 10.2. The molecule has 0 unspecified atom stereocenters. The molecule has 10 heteroatoms. The van der Waals surface area contributed by atoms with Crippen LogP contribution in [0.25, 0.3) is 0 Å². The highest BCUT2D eigenvalue weighted by Crippen LogP contribution is 2.25. The average Bonchev–Trinajstić information content (AvgIpc) is 2.26. The minimum atomic E-state index is -4.81. The second kappa shape index (κ2) is 5.62. The summed E-state index contributed by atoms with van der Waals surface area (Å²) < 4.78 is 86.8. The SMILES string of the molecule is CN(CC(F)(F)F)S(=O)(=O)c1ccc(F)c(CO)c1F. The van der Waals surface area contributed by atoms with Crippen molar-refractivity contribution in [1.29, 1.82) is 0 Å². The molecule has 114 valence electrons. The van der Waals surface area contributed by atoms with Crippen molar-refractivity contribution in [2.24, 2.45) is 0 Å². The highest BCUT2D eigenvalue weighted by Gasteiger charge is 2.36. The molecule has 1 rings (SSSR count). The Bertz CT molecular complexity index is 600. The Morgan fingerprint density at radius 1 is 1.25 bits per heavy atom. The van der Waals surface area contributed by atoms with Gasteiger partial charge in [-0.2, -0.15) is 17.5 Å². The van der Waals surface area contributed by atoms with Crippen molar-refractivity contribution in [2.45, 2.75) is 17.7 Å². The highest BCUT2D eigenvalue weighted by atomic mass is 32.2. The molecule has 1 aromatic rings. The average molecular weight is 319 g/mol. The van der Waals surface area contributed by atoms with Crippen LogP contribution >= 0.6 is 0 Å². The summed E-state index contributed by atoms with van der Waals surface area (Å²) in [5.74, 6) is -2.80. The molecule has 0 saturated carbocycles. The molecule has 0 amide bonds. The lowest BCUT2D eigenvalue weighted by Crippen LogP contribution is -2.36. The van der Waals surface area contributed by atoms with Crippen LogP contribution in [-0.4, -0.2) is 37.6 Å². The molecular formula is C10H10F5NO3S. The minimum Gasteiger partial charge on any atom is -0.391 e. The number of hydrogen-bond acceptors (Lipinski definition) is 3. The Balaban J connectivity index is 3.30. The van der Waals surface area contributed by atoms with Gasteiger partial charge in [-0.3, -0.25) is 0 Å². The van der Waals surface area contributed by atoms with Gasteiger partial charge in [-0.05, 0) is 12.1 Å². The highest BCUT2D eigenvalue weighted by molar-refractivity contribution is 7.89. The van der Waals surface area contributed by atoms with E-state index in [1.807, 2.05) is 0 Å². The normalized spacial score (nSPS) is 13.0. The first-order chi connectivity index (χ1) is 9.00. The van der Waals surface area contributed by atoms with E-state index < -0.39 is 51.4 Å². The number of hydrogen-bond donors (Lipinski definition) is 1. The van der Waals surface area contributed by atoms with Gasteiger partial charge in [0.15, 0.2) is 5.82 Å². The van der Waals surface area contributed by atoms with Crippen molar-refractivity contribution in [2.75, 3.05) is 13.6 Å². The second-order valence-electron chi connectivity index (χ2n) is 3.87. The maximum absolute atomic E-state index is 13.7. The molecule has 1 aromatic carbocycles. The fraction of sp³-hybridized carbons (Fsp3) is 0.400. The lowest BCUT2D eigenvalue weighted by molar-refractivity contribution is -0.134. The zero-order valence-corrected chi connectivity index (χ0v) is 10.9. The zero-order valence-electron chi connectivity index (χ0n) is 10.1. The van der Waals surface area contributed by atoms with Crippen LogP contribution in [0.1, 0.15) is 5.56 Å². The molecule has 0 fully saturated rings. The second-order valence-corrected chi connectivity index (χ2v) is 5.89. The predicted octanol–water partition coefficient (Wildman–Crippen LogP) is 1.64. The molecule has 0 aliphatic carbocycles. The van der Waals surface area contributed by atoms with Gasteiger partial charge in [-0.25, -0.2) is 17.2 Å². The summed E-state index contributed by atoms with van der Waals surface area (Å²) in [6.07, 6.45) is -4.81. The maximum atomic E-state index is 13.7. The summed E-state index contributed by atoms with van der Waals surface area (Å²) in [6, 6.07) is 1.06. The predicted molar refractivity (Wildman–Crippen MR) is 58.2 cm³/mol. The van der Waals surface area contributed by atoms with E-state index in [2.05, 4.69) is 0 Å². The van der Waals surface area contributed by atoms with Crippen LogP contribution in [0.4, 0.5) is 22.0 Å². The topological polar surface area (TPSA) is 57.6 Å². The van der Waals surface area contributed by atoms with Gasteiger partial charge in [-0.15, -0.1) is 0 Å². The molecule has 0 heterocycles. The van der Waals surface area contributed by atoms with Crippen molar-refractivity contribution in [3.8, 4) is 0 Å². The molecule has 1 N–H and O–H groups in total. The third-order valence-corrected chi connectivity index (χ3v) is 4.22. The number of sulfonamides is 1. The van der Waals surface area contributed by atoms with Crippen LogP contribution < -0.4 is 0 Å². The first-order valence-electron chi connectivity index (χ1n) is 5.11. The molecular weight excluding hydrogens is 309 g/mol. The number of aliphatic hydroxyl groups excluding tert-OH is 1. The van der Waals surface area contributed by atoms with Gasteiger partial charge in [-0.1, -0.05) is 0 Å². The standard InChI is InChI=1S/C10H10F5NO3S/c1-16(5-10(13,14)15)20(18,19)8-3-2-7(11)6(4-17)9(8)12/h2-3,17H,4-5H2,1H3. The Kier molecular flexibility index (Phi) is 4.72. The van der Waals surface area contributed by atoms with E-state index in [4.69, 9.17) is 5.11 Å². The summed E-state index contributed by atoms with van der Waals surface area (Å²) in [5, 5.41) is 8.75. The van der Waals surface area contributed by atoms with Crippen molar-refractivity contribution in [3.05, 3.63) is 29.3 Å². The third kappa shape index (κ3) is 3.44. The number of nitrogens with zero attached hydrogens (tertiary/aromatic N) is 1. The number of aliphatic hydroxyl groups is 1. The Hall–Kier alpha value is -1.26. The lowest BCUT2D eigenvalue weighted by Gasteiger charge is -2.19. The third-order valence-electron chi connectivity index (χ3n) is 2.40. The summed E-state index contributed by atoms with van der Waals surface area (Å²) in [7, 11) is -4.18. The molecule has 0 radical (unpaired) electrons. The quantitative estimate of drug-likeness (QED) is 0.859.